The Morgan fingerprint density at radius 2 is 2.27 bits per heavy atom. The fourth-order valence-corrected chi connectivity index (χ4v) is 1.66. The monoisotopic (exact) mass is 267 g/mol. The van der Waals surface area contributed by atoms with Crippen LogP contribution in [0, 0.1) is 0 Å². The van der Waals surface area contributed by atoms with Crippen LogP contribution in [0.25, 0.3) is 5.69 Å². The molecule has 0 amide bonds. The average Bonchev–Trinajstić information content (AvgIpc) is 2.67. The van der Waals surface area contributed by atoms with Gasteiger partial charge >= 0.3 is 0 Å². The zero-order valence-corrected chi connectivity index (χ0v) is 9.55. The molecule has 0 radical (unpaired) electrons. The lowest BCUT2D eigenvalue weighted by Gasteiger charge is -1.99. The van der Waals surface area contributed by atoms with E-state index in [1.807, 2.05) is 30.5 Å². The number of benzene rings is 1. The van der Waals surface area contributed by atoms with E-state index in [-0.39, 0.29) is 6.61 Å². The van der Waals surface area contributed by atoms with Crippen molar-refractivity contribution in [2.45, 2.75) is 6.42 Å². The summed E-state index contributed by atoms with van der Waals surface area (Å²) in [6.45, 7) is 0.0944. The summed E-state index contributed by atoms with van der Waals surface area (Å²) in [5, 5.41) is 16.7. The van der Waals surface area contributed by atoms with E-state index in [1.54, 1.807) is 4.68 Å². The van der Waals surface area contributed by atoms with Gasteiger partial charge in [-0.25, -0.2) is 4.68 Å². The number of aliphatic hydroxyl groups is 1. The molecule has 0 atom stereocenters. The minimum atomic E-state index is 0.0944. The van der Waals surface area contributed by atoms with Gasteiger partial charge in [-0.15, -0.1) is 5.10 Å². The molecule has 1 N–H and O–H groups in total. The summed E-state index contributed by atoms with van der Waals surface area (Å²) in [7, 11) is 0. The van der Waals surface area contributed by atoms with Crippen molar-refractivity contribution in [2.75, 3.05) is 6.61 Å². The normalized spacial score (nSPS) is 10.5. The fourth-order valence-electron chi connectivity index (χ4n) is 1.27. The summed E-state index contributed by atoms with van der Waals surface area (Å²) in [5.41, 5.74) is 1.73. The molecule has 1 aromatic heterocycles. The highest BCUT2D eigenvalue weighted by Gasteiger charge is 2.02. The van der Waals surface area contributed by atoms with Crippen LogP contribution in [0.4, 0.5) is 0 Å². The van der Waals surface area contributed by atoms with Crippen LogP contribution in [0.3, 0.4) is 0 Å². The van der Waals surface area contributed by atoms with Gasteiger partial charge in [0.25, 0.3) is 0 Å². The number of halogens is 1. The first kappa shape index (κ1) is 10.3. The molecule has 78 valence electrons. The van der Waals surface area contributed by atoms with Gasteiger partial charge in [0.1, 0.15) is 0 Å². The van der Waals surface area contributed by atoms with E-state index < -0.39 is 0 Å². The Morgan fingerprint density at radius 3 is 3.00 bits per heavy atom. The van der Waals surface area contributed by atoms with Gasteiger partial charge in [0.05, 0.1) is 17.6 Å². The topological polar surface area (TPSA) is 50.9 Å². The molecule has 0 bridgehead atoms. The minimum absolute atomic E-state index is 0.0944. The maximum Gasteiger partial charge on any atom is 0.0854 e. The third kappa shape index (κ3) is 2.43. The van der Waals surface area contributed by atoms with Gasteiger partial charge in [-0.2, -0.15) is 0 Å². The van der Waals surface area contributed by atoms with Crippen LogP contribution in [0.5, 0.6) is 0 Å². The largest absolute Gasteiger partial charge is 0.396 e. The number of aromatic nitrogens is 3. The highest BCUT2D eigenvalue weighted by Crippen LogP contribution is 2.14. The second-order valence-corrected chi connectivity index (χ2v) is 4.02. The molecule has 0 fully saturated rings. The lowest BCUT2D eigenvalue weighted by molar-refractivity contribution is 0.298. The first-order chi connectivity index (χ1) is 7.29. The smallest absolute Gasteiger partial charge is 0.0854 e. The molecule has 0 spiro atoms. The molecule has 0 aliphatic carbocycles. The van der Waals surface area contributed by atoms with Crippen LogP contribution < -0.4 is 0 Å². The second-order valence-electron chi connectivity index (χ2n) is 3.11. The third-order valence-corrected chi connectivity index (χ3v) is 2.47. The SMILES string of the molecule is OCCc1cn(-c2cccc(Br)c2)nn1. The molecule has 5 heteroatoms. The van der Waals surface area contributed by atoms with Gasteiger partial charge in [0.15, 0.2) is 0 Å². The number of hydrogen-bond acceptors (Lipinski definition) is 3. The molecular formula is C10H10BrN3O. The highest BCUT2D eigenvalue weighted by molar-refractivity contribution is 9.10. The quantitative estimate of drug-likeness (QED) is 0.919. The van der Waals surface area contributed by atoms with Crippen molar-refractivity contribution in [3.05, 3.63) is 40.6 Å². The van der Waals surface area contributed by atoms with Crippen molar-refractivity contribution in [1.29, 1.82) is 0 Å². The zero-order chi connectivity index (χ0) is 10.7. The molecule has 0 aliphatic heterocycles. The van der Waals surface area contributed by atoms with E-state index in [4.69, 9.17) is 5.11 Å². The molecule has 2 rings (SSSR count). The molecule has 0 unspecified atom stereocenters. The maximum atomic E-state index is 8.76. The molecule has 1 aromatic carbocycles. The highest BCUT2D eigenvalue weighted by atomic mass is 79.9. The Bertz CT molecular complexity index is 455. The Kier molecular flexibility index (Phi) is 3.13. The van der Waals surface area contributed by atoms with Gasteiger partial charge < -0.3 is 5.11 Å². The predicted molar refractivity (Wildman–Crippen MR) is 59.8 cm³/mol. The predicted octanol–water partition coefficient (Wildman–Crippen LogP) is 1.56. The zero-order valence-electron chi connectivity index (χ0n) is 7.97. The summed E-state index contributed by atoms with van der Waals surface area (Å²) in [6, 6.07) is 7.79. The Hall–Kier alpha value is -1.20. The molecule has 0 aliphatic rings. The average molecular weight is 268 g/mol. The molecule has 15 heavy (non-hydrogen) atoms. The first-order valence-corrected chi connectivity index (χ1v) is 5.37. The summed E-state index contributed by atoms with van der Waals surface area (Å²) in [5.74, 6) is 0. The minimum Gasteiger partial charge on any atom is -0.396 e. The Labute approximate surface area is 95.7 Å². The van der Waals surface area contributed by atoms with Crippen molar-refractivity contribution >= 4 is 15.9 Å². The molecule has 1 heterocycles. The lowest BCUT2D eigenvalue weighted by atomic mass is 10.3. The van der Waals surface area contributed by atoms with Gasteiger partial charge in [-0.1, -0.05) is 27.2 Å². The van der Waals surface area contributed by atoms with Crippen molar-refractivity contribution in [1.82, 2.24) is 15.0 Å². The van der Waals surface area contributed by atoms with Crippen LogP contribution in [0.1, 0.15) is 5.69 Å². The van der Waals surface area contributed by atoms with Crippen LogP contribution in [-0.2, 0) is 6.42 Å². The first-order valence-electron chi connectivity index (χ1n) is 4.57. The number of nitrogens with zero attached hydrogens (tertiary/aromatic N) is 3. The van der Waals surface area contributed by atoms with E-state index >= 15 is 0 Å². The van der Waals surface area contributed by atoms with Gasteiger partial charge in [-0.05, 0) is 18.2 Å². The molecule has 4 nitrogen and oxygen atoms in total. The maximum absolute atomic E-state index is 8.76. The van der Waals surface area contributed by atoms with E-state index in [9.17, 15) is 0 Å². The lowest BCUT2D eigenvalue weighted by Crippen LogP contribution is -1.94. The Balaban J connectivity index is 2.29. The molecule has 0 saturated carbocycles. The number of rotatable bonds is 3. The van der Waals surface area contributed by atoms with Gasteiger partial charge in [0.2, 0.25) is 0 Å². The summed E-state index contributed by atoms with van der Waals surface area (Å²) < 4.78 is 2.69. The van der Waals surface area contributed by atoms with Crippen LogP contribution >= 0.6 is 15.9 Å². The third-order valence-electron chi connectivity index (χ3n) is 1.98. The molecular weight excluding hydrogens is 258 g/mol. The fraction of sp³-hybridized carbons (Fsp3) is 0.200. The molecule has 2 aromatic rings. The van der Waals surface area contributed by atoms with E-state index in [0.717, 1.165) is 15.9 Å². The van der Waals surface area contributed by atoms with Crippen LogP contribution in [-0.4, -0.2) is 26.7 Å². The molecule has 0 saturated heterocycles. The standard InChI is InChI=1S/C10H10BrN3O/c11-8-2-1-3-10(6-8)14-7-9(4-5-15)12-13-14/h1-3,6-7,15H,4-5H2. The van der Waals surface area contributed by atoms with E-state index in [2.05, 4.69) is 26.2 Å². The van der Waals surface area contributed by atoms with Crippen molar-refractivity contribution in [3.63, 3.8) is 0 Å². The number of hydrogen-bond donors (Lipinski definition) is 1. The van der Waals surface area contributed by atoms with Crippen LogP contribution in [0.2, 0.25) is 0 Å². The Morgan fingerprint density at radius 1 is 1.40 bits per heavy atom. The summed E-state index contributed by atoms with van der Waals surface area (Å²) in [6.07, 6.45) is 2.35. The van der Waals surface area contributed by atoms with Crippen molar-refractivity contribution in [2.24, 2.45) is 0 Å². The summed E-state index contributed by atoms with van der Waals surface area (Å²) >= 11 is 3.40. The number of aliphatic hydroxyl groups excluding tert-OH is 1. The van der Waals surface area contributed by atoms with Gasteiger partial charge in [-0.3, -0.25) is 0 Å². The van der Waals surface area contributed by atoms with E-state index in [1.165, 1.54) is 0 Å². The second kappa shape index (κ2) is 4.55. The van der Waals surface area contributed by atoms with Gasteiger partial charge in [0, 0.05) is 17.5 Å². The van der Waals surface area contributed by atoms with Crippen LogP contribution in [0.15, 0.2) is 34.9 Å². The van der Waals surface area contributed by atoms with Crippen molar-refractivity contribution < 1.29 is 5.11 Å². The van der Waals surface area contributed by atoms with E-state index in [0.29, 0.717) is 6.42 Å². The van der Waals surface area contributed by atoms with Crippen molar-refractivity contribution in [3.8, 4) is 5.69 Å². The summed E-state index contributed by atoms with van der Waals surface area (Å²) in [4.78, 5) is 0.